The number of nitrogens with zero attached hydrogens (tertiary/aromatic N) is 2. The van der Waals surface area contributed by atoms with Gasteiger partial charge in [-0.25, -0.2) is 23.0 Å². The first-order chi connectivity index (χ1) is 25.2. The first kappa shape index (κ1) is 35.3. The molecule has 4 aromatic carbocycles. The summed E-state index contributed by atoms with van der Waals surface area (Å²) in [5, 5.41) is 12.0. The van der Waals surface area contributed by atoms with E-state index in [4.69, 9.17) is 28.4 Å². The number of carboxylic acid groups (broad SMARTS) is 1. The van der Waals surface area contributed by atoms with E-state index in [-0.39, 0.29) is 66.1 Å². The fraction of sp³-hybridized carbons (Fsp3) is 0.167. The van der Waals surface area contributed by atoms with Crippen LogP contribution in [0.1, 0.15) is 5.56 Å². The van der Waals surface area contributed by atoms with Gasteiger partial charge in [0, 0.05) is 18.1 Å². The van der Waals surface area contributed by atoms with E-state index >= 15 is 0 Å². The van der Waals surface area contributed by atoms with Crippen molar-refractivity contribution in [3.8, 4) is 46.0 Å². The number of nitrogens with one attached hydrogen (secondary N) is 2. The van der Waals surface area contributed by atoms with E-state index < -0.39 is 28.1 Å². The zero-order valence-electron chi connectivity index (χ0n) is 27.6. The largest absolute Gasteiger partial charge is 0.493 e. The van der Waals surface area contributed by atoms with Gasteiger partial charge in [-0.15, -0.1) is 0 Å². The molecule has 1 aliphatic rings. The average molecular weight is 729 g/mol. The lowest BCUT2D eigenvalue weighted by Crippen LogP contribution is -2.42. The predicted octanol–water partition coefficient (Wildman–Crippen LogP) is 5.27. The number of amides is 1. The van der Waals surface area contributed by atoms with Crippen molar-refractivity contribution in [3.63, 3.8) is 0 Å². The minimum Gasteiger partial charge on any atom is -0.493 e. The van der Waals surface area contributed by atoms with Crippen molar-refractivity contribution in [2.45, 2.75) is 17.4 Å². The summed E-state index contributed by atoms with van der Waals surface area (Å²) in [6.45, 7) is -0.693. The molecule has 1 atom stereocenters. The van der Waals surface area contributed by atoms with Gasteiger partial charge in [0.15, 0.2) is 34.6 Å². The van der Waals surface area contributed by atoms with Gasteiger partial charge in [0.1, 0.15) is 19.3 Å². The van der Waals surface area contributed by atoms with E-state index in [1.807, 2.05) is 0 Å². The number of hydrogen-bond acceptors (Lipinski definition) is 12. The highest BCUT2D eigenvalue weighted by Gasteiger charge is 2.27. The van der Waals surface area contributed by atoms with Crippen molar-refractivity contribution in [2.75, 3.05) is 31.8 Å². The van der Waals surface area contributed by atoms with Crippen molar-refractivity contribution in [1.82, 2.24) is 15.3 Å². The number of para-hydroxylation sites is 2. The molecule has 1 aromatic heterocycles. The number of benzene rings is 4. The van der Waals surface area contributed by atoms with Gasteiger partial charge in [-0.05, 0) is 29.8 Å². The van der Waals surface area contributed by atoms with Crippen LogP contribution in [0.3, 0.4) is 0 Å². The topological polar surface area (TPSA) is 194 Å². The summed E-state index contributed by atoms with van der Waals surface area (Å²) < 4.78 is 63.5. The summed E-state index contributed by atoms with van der Waals surface area (Å²) in [6.07, 6.45) is -0.943. The lowest BCUT2D eigenvalue weighted by atomic mass is 10.1. The average Bonchev–Trinajstić information content (AvgIpc) is 3.63. The maximum absolute atomic E-state index is 13.8. The summed E-state index contributed by atoms with van der Waals surface area (Å²) in [4.78, 5) is 33.3. The molecule has 15 nitrogen and oxygen atoms in total. The molecule has 52 heavy (non-hydrogen) atoms. The molecule has 1 amide bonds. The monoisotopic (exact) mass is 728 g/mol. The number of aliphatic carboxylic acids is 1. The third-order valence-electron chi connectivity index (χ3n) is 7.46. The van der Waals surface area contributed by atoms with Crippen LogP contribution in [0.15, 0.2) is 108 Å². The van der Waals surface area contributed by atoms with Crippen molar-refractivity contribution < 1.29 is 51.5 Å². The Balaban J connectivity index is 1.29. The molecular weight excluding hydrogens is 696 g/mol. The normalized spacial score (nSPS) is 12.3. The van der Waals surface area contributed by atoms with E-state index in [1.165, 1.54) is 25.3 Å². The van der Waals surface area contributed by atoms with E-state index in [1.54, 1.807) is 84.9 Å². The zero-order chi connectivity index (χ0) is 36.5. The lowest BCUT2D eigenvalue weighted by molar-refractivity contribution is -0.139. The van der Waals surface area contributed by atoms with Crippen molar-refractivity contribution in [1.29, 1.82) is 0 Å². The highest BCUT2D eigenvalue weighted by molar-refractivity contribution is 7.92. The summed E-state index contributed by atoms with van der Waals surface area (Å²) in [5.41, 5.74) is 1.23. The SMILES string of the molecule is COc1ccccc1Oc1c(NS(=O)(=O)c2ccc3c(c2)OCO3)nc(-c2ccccc2)nc1OCCOC(=O)N[C@@H](Cc1ccccc1)C(=O)O. The van der Waals surface area contributed by atoms with Crippen molar-refractivity contribution >= 4 is 27.9 Å². The quantitative estimate of drug-likeness (QED) is 0.118. The fourth-order valence-corrected chi connectivity index (χ4v) is 5.98. The van der Waals surface area contributed by atoms with Crippen LogP contribution in [0, 0.1) is 0 Å². The number of fused-ring (bicyclic) bond motifs is 1. The number of carbonyl (C=O) groups excluding carboxylic acids is 1. The molecule has 5 aromatic rings. The molecule has 3 N–H and O–H groups in total. The van der Waals surface area contributed by atoms with Crippen LogP contribution in [-0.2, 0) is 26.0 Å². The third kappa shape index (κ3) is 8.59. The van der Waals surface area contributed by atoms with E-state index in [0.717, 1.165) is 0 Å². The van der Waals surface area contributed by atoms with Gasteiger partial charge in [0.25, 0.3) is 15.9 Å². The number of carbonyl (C=O) groups is 2. The molecule has 0 saturated heterocycles. The maximum atomic E-state index is 13.8. The summed E-state index contributed by atoms with van der Waals surface area (Å²) >= 11 is 0. The van der Waals surface area contributed by atoms with Crippen LogP contribution < -0.4 is 33.7 Å². The van der Waals surface area contributed by atoms with Gasteiger partial charge in [-0.1, -0.05) is 72.8 Å². The number of alkyl carbamates (subject to hydrolysis) is 1. The number of methoxy groups -OCH3 is 1. The Kier molecular flexibility index (Phi) is 10.8. The number of rotatable bonds is 15. The smallest absolute Gasteiger partial charge is 0.407 e. The molecule has 0 radical (unpaired) electrons. The number of anilines is 1. The van der Waals surface area contributed by atoms with Crippen LogP contribution in [0.25, 0.3) is 11.4 Å². The van der Waals surface area contributed by atoms with E-state index in [9.17, 15) is 23.1 Å². The number of sulfonamides is 1. The Bertz CT molecular complexity index is 2150. The molecule has 2 heterocycles. The Morgan fingerprint density at radius 2 is 1.56 bits per heavy atom. The standard InChI is InChI=1S/C36H32N4O11S/c1-46-27-14-8-9-15-29(27)51-31-33(40-52(44,45)25-16-17-28-30(21-25)50-22-49-28)38-32(24-12-6-3-7-13-24)39-34(31)47-18-19-48-36(43)37-26(35(41)42)20-23-10-4-2-5-11-23/h2-17,21,26H,18-20,22H2,1H3,(H,37,43)(H,41,42)(H,38,39,40)/t26-/m0/s1. The number of ether oxygens (including phenoxy) is 6. The van der Waals surface area contributed by atoms with Crippen LogP contribution in [-0.4, -0.2) is 68.7 Å². The summed E-state index contributed by atoms with van der Waals surface area (Å²) in [7, 11) is -2.89. The fourth-order valence-electron chi connectivity index (χ4n) is 4.96. The zero-order valence-corrected chi connectivity index (χ0v) is 28.4. The van der Waals surface area contributed by atoms with E-state index in [2.05, 4.69) is 20.0 Å². The Labute approximate surface area is 298 Å². The Hall–Kier alpha value is -6.55. The lowest BCUT2D eigenvalue weighted by Gasteiger charge is -2.19. The molecule has 16 heteroatoms. The van der Waals surface area contributed by atoms with Crippen molar-refractivity contribution in [3.05, 3.63) is 109 Å². The van der Waals surface area contributed by atoms with Gasteiger partial charge in [0.05, 0.1) is 12.0 Å². The minimum atomic E-state index is -4.33. The molecule has 0 fully saturated rings. The van der Waals surface area contributed by atoms with Crippen LogP contribution in [0.2, 0.25) is 0 Å². The predicted molar refractivity (Wildman–Crippen MR) is 185 cm³/mol. The second-order valence-electron chi connectivity index (χ2n) is 11.0. The van der Waals surface area contributed by atoms with Gasteiger partial charge >= 0.3 is 12.1 Å². The summed E-state index contributed by atoms with van der Waals surface area (Å²) in [5.74, 6) is -0.729. The van der Waals surface area contributed by atoms with Gasteiger partial charge in [0.2, 0.25) is 12.5 Å². The molecule has 6 rings (SSSR count). The minimum absolute atomic E-state index is 0.0412. The maximum Gasteiger partial charge on any atom is 0.407 e. The molecular formula is C36H32N4O11S. The number of carboxylic acids is 1. The second kappa shape index (κ2) is 16.0. The second-order valence-corrected chi connectivity index (χ2v) is 12.7. The van der Waals surface area contributed by atoms with Crippen LogP contribution >= 0.6 is 0 Å². The molecule has 0 aliphatic carbocycles. The molecule has 1 aliphatic heterocycles. The number of hydrogen-bond donors (Lipinski definition) is 3. The molecule has 0 bridgehead atoms. The van der Waals surface area contributed by atoms with E-state index in [0.29, 0.717) is 22.6 Å². The van der Waals surface area contributed by atoms with Gasteiger partial charge in [-0.3, -0.25) is 4.72 Å². The highest BCUT2D eigenvalue weighted by Crippen LogP contribution is 2.42. The molecule has 268 valence electrons. The first-order valence-corrected chi connectivity index (χ1v) is 17.2. The van der Waals surface area contributed by atoms with Gasteiger partial charge in [-0.2, -0.15) is 4.98 Å². The molecule has 0 spiro atoms. The van der Waals surface area contributed by atoms with Crippen LogP contribution in [0.5, 0.6) is 34.6 Å². The van der Waals surface area contributed by atoms with Crippen LogP contribution in [0.4, 0.5) is 10.6 Å². The first-order valence-electron chi connectivity index (χ1n) is 15.7. The van der Waals surface area contributed by atoms with Crippen molar-refractivity contribution in [2.24, 2.45) is 0 Å². The Morgan fingerprint density at radius 1 is 0.865 bits per heavy atom. The highest BCUT2D eigenvalue weighted by atomic mass is 32.2. The summed E-state index contributed by atoms with van der Waals surface area (Å²) in [6, 6.07) is 27.1. The third-order valence-corrected chi connectivity index (χ3v) is 8.80. The van der Waals surface area contributed by atoms with Gasteiger partial charge < -0.3 is 38.8 Å². The number of aromatic nitrogens is 2. The Morgan fingerprint density at radius 3 is 2.29 bits per heavy atom. The molecule has 0 unspecified atom stereocenters. The molecule has 0 saturated carbocycles.